The number of nitrogens with one attached hydrogen (secondary N) is 1. The number of nitrogens with two attached hydrogens (primary N) is 1. The second-order valence-electron chi connectivity index (χ2n) is 6.57. The van der Waals surface area contributed by atoms with Gasteiger partial charge in [0.1, 0.15) is 0 Å². The highest BCUT2D eigenvalue weighted by molar-refractivity contribution is 9.10. The normalized spacial score (nSPS) is 23.5. The minimum Gasteiger partial charge on any atom is -0.329 e. The van der Waals surface area contributed by atoms with Crippen LogP contribution in [-0.2, 0) is 0 Å². The second-order valence-corrected chi connectivity index (χ2v) is 7.42. The van der Waals surface area contributed by atoms with Gasteiger partial charge in [0, 0.05) is 23.1 Å². The van der Waals surface area contributed by atoms with Gasteiger partial charge in [-0.3, -0.25) is 0 Å². The maximum absolute atomic E-state index is 5.96. The molecular formula is C16H25BrN2. The lowest BCUT2D eigenvalue weighted by Gasteiger charge is -2.24. The van der Waals surface area contributed by atoms with Gasteiger partial charge in [-0.15, -0.1) is 0 Å². The molecule has 1 aliphatic rings. The van der Waals surface area contributed by atoms with Crippen LogP contribution in [0.4, 0.5) is 0 Å². The van der Waals surface area contributed by atoms with Gasteiger partial charge in [-0.25, -0.2) is 0 Å². The minimum absolute atomic E-state index is 0.260. The molecule has 2 unspecified atom stereocenters. The molecule has 1 aromatic carbocycles. The van der Waals surface area contributed by atoms with Gasteiger partial charge in [-0.05, 0) is 48.8 Å². The molecule has 0 spiro atoms. The molecule has 1 saturated carbocycles. The van der Waals surface area contributed by atoms with Crippen molar-refractivity contribution in [3.8, 4) is 0 Å². The average Bonchev–Trinajstić information content (AvgIpc) is 2.69. The zero-order valence-corrected chi connectivity index (χ0v) is 13.8. The zero-order chi connectivity index (χ0) is 14.0. The van der Waals surface area contributed by atoms with Crippen LogP contribution in [0.5, 0.6) is 0 Å². The fraction of sp³-hybridized carbons (Fsp3) is 0.625. The Bertz CT molecular complexity index is 442. The van der Waals surface area contributed by atoms with Gasteiger partial charge < -0.3 is 11.1 Å². The number of rotatable bonds is 4. The van der Waals surface area contributed by atoms with Crippen LogP contribution < -0.4 is 11.1 Å². The largest absolute Gasteiger partial charge is 0.329 e. The van der Waals surface area contributed by atoms with Crippen LogP contribution in [0.15, 0.2) is 22.7 Å². The monoisotopic (exact) mass is 324 g/mol. The molecule has 0 aromatic heterocycles. The van der Waals surface area contributed by atoms with Crippen molar-refractivity contribution in [2.75, 3.05) is 6.54 Å². The predicted octanol–water partition coefficient (Wildman–Crippen LogP) is 3.93. The summed E-state index contributed by atoms with van der Waals surface area (Å²) in [5, 5.41) is 3.74. The van der Waals surface area contributed by atoms with Crippen molar-refractivity contribution < 1.29 is 0 Å². The SMILES string of the molecule is Cc1ccc(C(CN)NC2CCC(C)(C)C2)cc1Br. The maximum Gasteiger partial charge on any atom is 0.0447 e. The Kier molecular flexibility index (Phi) is 4.70. The fourth-order valence-corrected chi connectivity index (χ4v) is 3.39. The number of halogens is 1. The lowest BCUT2D eigenvalue weighted by atomic mass is 9.91. The van der Waals surface area contributed by atoms with E-state index in [0.29, 0.717) is 18.0 Å². The standard InChI is InChI=1S/C16H25BrN2/c1-11-4-5-12(8-14(11)17)15(10-18)19-13-6-7-16(2,3)9-13/h4-5,8,13,15,19H,6-7,9-10,18H2,1-3H3. The van der Waals surface area contributed by atoms with Crippen LogP contribution in [0.3, 0.4) is 0 Å². The quantitative estimate of drug-likeness (QED) is 0.880. The maximum atomic E-state index is 5.96. The lowest BCUT2D eigenvalue weighted by molar-refractivity contribution is 0.353. The van der Waals surface area contributed by atoms with Crippen molar-refractivity contribution in [3.63, 3.8) is 0 Å². The van der Waals surface area contributed by atoms with Crippen LogP contribution in [0.2, 0.25) is 0 Å². The van der Waals surface area contributed by atoms with Crippen LogP contribution >= 0.6 is 15.9 Å². The Labute approximate surface area is 125 Å². The van der Waals surface area contributed by atoms with E-state index in [0.717, 1.165) is 4.47 Å². The summed E-state index contributed by atoms with van der Waals surface area (Å²) in [6.45, 7) is 7.47. The number of hydrogen-bond donors (Lipinski definition) is 2. The molecule has 2 atom stereocenters. The Morgan fingerprint density at radius 3 is 2.74 bits per heavy atom. The highest BCUT2D eigenvalue weighted by Crippen LogP contribution is 2.37. The molecule has 0 heterocycles. The first kappa shape index (κ1) is 15.0. The summed E-state index contributed by atoms with van der Waals surface area (Å²) in [4.78, 5) is 0. The van der Waals surface area contributed by atoms with Crippen molar-refractivity contribution >= 4 is 15.9 Å². The van der Waals surface area contributed by atoms with Crippen molar-refractivity contribution in [3.05, 3.63) is 33.8 Å². The molecule has 2 rings (SSSR count). The molecular weight excluding hydrogens is 300 g/mol. The van der Waals surface area contributed by atoms with E-state index in [-0.39, 0.29) is 6.04 Å². The number of hydrogen-bond acceptors (Lipinski definition) is 2. The topological polar surface area (TPSA) is 38.0 Å². The first-order valence-corrected chi connectivity index (χ1v) is 7.93. The highest BCUT2D eigenvalue weighted by atomic mass is 79.9. The number of benzene rings is 1. The Morgan fingerprint density at radius 2 is 2.21 bits per heavy atom. The molecule has 0 radical (unpaired) electrons. The molecule has 2 nitrogen and oxygen atoms in total. The molecule has 3 N–H and O–H groups in total. The van der Waals surface area contributed by atoms with E-state index in [4.69, 9.17) is 5.73 Å². The third kappa shape index (κ3) is 3.80. The van der Waals surface area contributed by atoms with Crippen molar-refractivity contribution in [1.82, 2.24) is 5.32 Å². The van der Waals surface area contributed by atoms with Gasteiger partial charge in [-0.2, -0.15) is 0 Å². The van der Waals surface area contributed by atoms with Crippen LogP contribution in [0.25, 0.3) is 0 Å². The van der Waals surface area contributed by atoms with E-state index in [1.807, 2.05) is 0 Å². The van der Waals surface area contributed by atoms with Crippen molar-refractivity contribution in [1.29, 1.82) is 0 Å². The molecule has 3 heteroatoms. The molecule has 19 heavy (non-hydrogen) atoms. The summed E-state index contributed by atoms with van der Waals surface area (Å²) >= 11 is 3.61. The van der Waals surface area contributed by atoms with E-state index in [1.165, 1.54) is 30.4 Å². The lowest BCUT2D eigenvalue weighted by Crippen LogP contribution is -2.35. The molecule has 0 bridgehead atoms. The highest BCUT2D eigenvalue weighted by Gasteiger charge is 2.31. The van der Waals surface area contributed by atoms with Gasteiger partial charge in [-0.1, -0.05) is 41.9 Å². The van der Waals surface area contributed by atoms with Crippen LogP contribution in [0, 0.1) is 12.3 Å². The van der Waals surface area contributed by atoms with Gasteiger partial charge in [0.05, 0.1) is 0 Å². The first-order chi connectivity index (χ1) is 8.91. The molecule has 1 aliphatic carbocycles. The summed E-state index contributed by atoms with van der Waals surface area (Å²) in [6, 6.07) is 7.40. The van der Waals surface area contributed by atoms with Crippen molar-refractivity contribution in [2.24, 2.45) is 11.1 Å². The van der Waals surface area contributed by atoms with E-state index >= 15 is 0 Å². The average molecular weight is 325 g/mol. The molecule has 0 saturated heterocycles. The summed E-state index contributed by atoms with van der Waals surface area (Å²) in [6.07, 6.45) is 3.81. The van der Waals surface area contributed by atoms with E-state index in [1.54, 1.807) is 0 Å². The zero-order valence-electron chi connectivity index (χ0n) is 12.2. The minimum atomic E-state index is 0.260. The Balaban J connectivity index is 2.06. The molecule has 106 valence electrons. The van der Waals surface area contributed by atoms with Gasteiger partial charge in [0.2, 0.25) is 0 Å². The molecule has 1 fully saturated rings. The van der Waals surface area contributed by atoms with Crippen LogP contribution in [-0.4, -0.2) is 12.6 Å². The smallest absolute Gasteiger partial charge is 0.0447 e. The summed E-state index contributed by atoms with van der Waals surface area (Å²) in [5.74, 6) is 0. The van der Waals surface area contributed by atoms with Crippen molar-refractivity contribution in [2.45, 2.75) is 52.1 Å². The fourth-order valence-electron chi connectivity index (χ4n) is 2.99. The molecule has 0 amide bonds. The van der Waals surface area contributed by atoms with Gasteiger partial charge in [0.25, 0.3) is 0 Å². The summed E-state index contributed by atoms with van der Waals surface area (Å²) < 4.78 is 1.16. The molecule has 0 aliphatic heterocycles. The Morgan fingerprint density at radius 1 is 1.47 bits per heavy atom. The second kappa shape index (κ2) is 5.94. The third-order valence-corrected chi connectivity index (χ3v) is 5.09. The van der Waals surface area contributed by atoms with E-state index in [2.05, 4.69) is 60.2 Å². The predicted molar refractivity (Wildman–Crippen MR) is 85.2 cm³/mol. The molecule has 1 aromatic rings. The van der Waals surface area contributed by atoms with E-state index < -0.39 is 0 Å². The van der Waals surface area contributed by atoms with E-state index in [9.17, 15) is 0 Å². The van der Waals surface area contributed by atoms with Gasteiger partial charge in [0.15, 0.2) is 0 Å². The third-order valence-electron chi connectivity index (χ3n) is 4.24. The summed E-state index contributed by atoms with van der Waals surface area (Å²) in [7, 11) is 0. The Hall–Kier alpha value is -0.380. The first-order valence-electron chi connectivity index (χ1n) is 7.13. The van der Waals surface area contributed by atoms with Crippen LogP contribution in [0.1, 0.15) is 50.3 Å². The number of aryl methyl sites for hydroxylation is 1. The van der Waals surface area contributed by atoms with Gasteiger partial charge >= 0.3 is 0 Å². The summed E-state index contributed by atoms with van der Waals surface area (Å²) in [5.41, 5.74) is 8.99.